The third kappa shape index (κ3) is 3.52. The molecule has 0 N–H and O–H groups in total. The van der Waals surface area contributed by atoms with Gasteiger partial charge in [0.1, 0.15) is 5.69 Å². The van der Waals surface area contributed by atoms with Gasteiger partial charge in [-0.05, 0) is 30.0 Å². The minimum Gasteiger partial charge on any atom is -0.364 e. The van der Waals surface area contributed by atoms with Crippen LogP contribution in [0.4, 0.5) is 11.4 Å². The van der Waals surface area contributed by atoms with Gasteiger partial charge in [-0.1, -0.05) is 11.6 Å². The third-order valence-electron chi connectivity index (χ3n) is 4.03. The summed E-state index contributed by atoms with van der Waals surface area (Å²) in [5.41, 5.74) is 1.25. The molecular formula is C16H16ClN3O3S. The van der Waals surface area contributed by atoms with Gasteiger partial charge in [0.15, 0.2) is 0 Å². The van der Waals surface area contributed by atoms with Crippen LogP contribution in [0.2, 0.25) is 5.02 Å². The maximum Gasteiger partial charge on any atom is 0.294 e. The molecule has 0 radical (unpaired) electrons. The molecule has 1 aromatic carbocycles. The summed E-state index contributed by atoms with van der Waals surface area (Å²) in [5, 5.41) is 15.4. The number of hydrogen-bond acceptors (Lipinski definition) is 5. The van der Waals surface area contributed by atoms with Gasteiger partial charge in [-0.2, -0.15) is 11.3 Å². The van der Waals surface area contributed by atoms with E-state index in [2.05, 4.69) is 0 Å². The molecule has 0 unspecified atom stereocenters. The molecule has 0 bridgehead atoms. The van der Waals surface area contributed by atoms with Crippen molar-refractivity contribution in [3.8, 4) is 0 Å². The molecule has 1 amide bonds. The molecule has 1 fully saturated rings. The number of amides is 1. The summed E-state index contributed by atoms with van der Waals surface area (Å²) in [5.74, 6) is 0.0173. The predicted octanol–water partition coefficient (Wildman–Crippen LogP) is 3.66. The van der Waals surface area contributed by atoms with Crippen LogP contribution in [0.3, 0.4) is 0 Å². The summed E-state index contributed by atoms with van der Waals surface area (Å²) in [7, 11) is 0. The zero-order valence-corrected chi connectivity index (χ0v) is 14.4. The number of halogens is 1. The molecule has 1 aromatic heterocycles. The summed E-state index contributed by atoms with van der Waals surface area (Å²) < 4.78 is 0. The SMILES string of the molecule is O=C(c1ccsc1)N1CCCN(c2ccc(Cl)cc2[N+](=O)[O-])CC1. The molecule has 126 valence electrons. The van der Waals surface area contributed by atoms with Crippen LogP contribution in [-0.4, -0.2) is 41.9 Å². The van der Waals surface area contributed by atoms with Gasteiger partial charge in [0.25, 0.3) is 11.6 Å². The Morgan fingerprint density at radius 1 is 1.21 bits per heavy atom. The first-order valence-corrected chi connectivity index (χ1v) is 8.88. The van der Waals surface area contributed by atoms with Crippen molar-refractivity contribution in [1.82, 2.24) is 4.90 Å². The van der Waals surface area contributed by atoms with Crippen molar-refractivity contribution in [3.05, 3.63) is 55.7 Å². The van der Waals surface area contributed by atoms with E-state index in [0.29, 0.717) is 42.5 Å². The Bertz CT molecular complexity index is 751. The Labute approximate surface area is 148 Å². The molecule has 0 saturated carbocycles. The van der Waals surface area contributed by atoms with Gasteiger partial charge in [0.2, 0.25) is 0 Å². The van der Waals surface area contributed by atoms with E-state index in [1.165, 1.54) is 17.4 Å². The molecule has 0 spiro atoms. The van der Waals surface area contributed by atoms with E-state index in [9.17, 15) is 14.9 Å². The van der Waals surface area contributed by atoms with Gasteiger partial charge < -0.3 is 9.80 Å². The Morgan fingerprint density at radius 3 is 2.75 bits per heavy atom. The Balaban J connectivity index is 1.77. The van der Waals surface area contributed by atoms with Crippen molar-refractivity contribution in [2.24, 2.45) is 0 Å². The lowest BCUT2D eigenvalue weighted by Gasteiger charge is -2.23. The van der Waals surface area contributed by atoms with E-state index in [1.54, 1.807) is 12.1 Å². The number of nitro groups is 1. The normalized spacial score (nSPS) is 15.2. The number of nitro benzene ring substituents is 1. The molecule has 1 aliphatic rings. The molecule has 24 heavy (non-hydrogen) atoms. The standard InChI is InChI=1S/C16H16ClN3O3S/c17-13-2-3-14(15(10-13)20(22)23)18-5-1-6-19(8-7-18)16(21)12-4-9-24-11-12/h2-4,9-11H,1,5-8H2. The van der Waals surface area contributed by atoms with E-state index >= 15 is 0 Å². The molecule has 1 saturated heterocycles. The molecule has 0 aliphatic carbocycles. The summed E-state index contributed by atoms with van der Waals surface area (Å²) in [6, 6.07) is 6.52. The zero-order valence-electron chi connectivity index (χ0n) is 12.9. The number of rotatable bonds is 3. The molecule has 2 heterocycles. The largest absolute Gasteiger partial charge is 0.364 e. The first-order valence-electron chi connectivity index (χ1n) is 7.56. The van der Waals surface area contributed by atoms with E-state index < -0.39 is 4.92 Å². The molecule has 0 atom stereocenters. The topological polar surface area (TPSA) is 66.7 Å². The van der Waals surface area contributed by atoms with E-state index in [-0.39, 0.29) is 11.6 Å². The number of carbonyl (C=O) groups is 1. The minimum atomic E-state index is -0.416. The second-order valence-corrected chi connectivity index (χ2v) is 6.75. The van der Waals surface area contributed by atoms with Gasteiger partial charge in [-0.3, -0.25) is 14.9 Å². The first kappa shape index (κ1) is 16.7. The number of nitrogens with zero attached hydrogens (tertiary/aromatic N) is 3. The molecular weight excluding hydrogens is 350 g/mol. The van der Waals surface area contributed by atoms with Crippen molar-refractivity contribution in [2.75, 3.05) is 31.1 Å². The highest BCUT2D eigenvalue weighted by molar-refractivity contribution is 7.08. The van der Waals surface area contributed by atoms with E-state index in [0.717, 1.165) is 6.42 Å². The average Bonchev–Trinajstić information content (AvgIpc) is 2.99. The fourth-order valence-electron chi connectivity index (χ4n) is 2.84. The van der Waals surface area contributed by atoms with E-state index in [4.69, 9.17) is 11.6 Å². The number of carbonyl (C=O) groups excluding carboxylic acids is 1. The van der Waals surface area contributed by atoms with Crippen molar-refractivity contribution >= 4 is 40.2 Å². The first-order chi connectivity index (χ1) is 11.6. The molecule has 2 aromatic rings. The fourth-order valence-corrected chi connectivity index (χ4v) is 3.64. The zero-order chi connectivity index (χ0) is 17.1. The highest BCUT2D eigenvalue weighted by Crippen LogP contribution is 2.31. The molecule has 8 heteroatoms. The smallest absolute Gasteiger partial charge is 0.294 e. The third-order valence-corrected chi connectivity index (χ3v) is 4.94. The maximum atomic E-state index is 12.5. The molecule has 1 aliphatic heterocycles. The lowest BCUT2D eigenvalue weighted by molar-refractivity contribution is -0.384. The lowest BCUT2D eigenvalue weighted by Crippen LogP contribution is -2.35. The van der Waals surface area contributed by atoms with Crippen LogP contribution in [0.1, 0.15) is 16.8 Å². The quantitative estimate of drug-likeness (QED) is 0.615. The van der Waals surface area contributed by atoms with Crippen molar-refractivity contribution in [2.45, 2.75) is 6.42 Å². The minimum absolute atomic E-state index is 0.000103. The highest BCUT2D eigenvalue weighted by Gasteiger charge is 2.24. The fraction of sp³-hybridized carbons (Fsp3) is 0.312. The van der Waals surface area contributed by atoms with Gasteiger partial charge >= 0.3 is 0 Å². The number of thiophene rings is 1. The average molecular weight is 366 g/mol. The number of benzene rings is 1. The number of hydrogen-bond donors (Lipinski definition) is 0. The predicted molar refractivity (Wildman–Crippen MR) is 95.2 cm³/mol. The Hall–Kier alpha value is -2.12. The summed E-state index contributed by atoms with van der Waals surface area (Å²) >= 11 is 7.37. The van der Waals surface area contributed by atoms with Gasteiger partial charge in [0.05, 0.1) is 10.5 Å². The van der Waals surface area contributed by atoms with Crippen molar-refractivity contribution < 1.29 is 9.72 Å². The van der Waals surface area contributed by atoms with Gasteiger partial charge in [-0.25, -0.2) is 0 Å². The van der Waals surface area contributed by atoms with E-state index in [1.807, 2.05) is 26.6 Å². The van der Waals surface area contributed by atoms with Crippen LogP contribution in [-0.2, 0) is 0 Å². The molecule has 3 rings (SSSR count). The van der Waals surface area contributed by atoms with Gasteiger partial charge in [-0.15, -0.1) is 0 Å². The van der Waals surface area contributed by atoms with Crippen LogP contribution in [0.5, 0.6) is 0 Å². The van der Waals surface area contributed by atoms with Crippen LogP contribution < -0.4 is 4.90 Å². The maximum absolute atomic E-state index is 12.5. The summed E-state index contributed by atoms with van der Waals surface area (Å²) in [6.45, 7) is 2.40. The second-order valence-electron chi connectivity index (χ2n) is 5.53. The Kier molecular flexibility index (Phi) is 5.01. The summed E-state index contributed by atoms with van der Waals surface area (Å²) in [4.78, 5) is 27.1. The number of anilines is 1. The Morgan fingerprint density at radius 2 is 2.04 bits per heavy atom. The van der Waals surface area contributed by atoms with Gasteiger partial charge in [0, 0.05) is 42.6 Å². The van der Waals surface area contributed by atoms with Crippen LogP contribution in [0.25, 0.3) is 0 Å². The van der Waals surface area contributed by atoms with Crippen molar-refractivity contribution in [3.63, 3.8) is 0 Å². The monoisotopic (exact) mass is 365 g/mol. The van der Waals surface area contributed by atoms with Crippen LogP contribution in [0, 0.1) is 10.1 Å². The van der Waals surface area contributed by atoms with Crippen LogP contribution in [0.15, 0.2) is 35.0 Å². The van der Waals surface area contributed by atoms with Crippen molar-refractivity contribution in [1.29, 1.82) is 0 Å². The molecule has 6 nitrogen and oxygen atoms in total. The highest BCUT2D eigenvalue weighted by atomic mass is 35.5. The van der Waals surface area contributed by atoms with Crippen LogP contribution >= 0.6 is 22.9 Å². The lowest BCUT2D eigenvalue weighted by atomic mass is 10.2. The second kappa shape index (κ2) is 7.19. The summed E-state index contributed by atoms with van der Waals surface area (Å²) in [6.07, 6.45) is 0.760.